The molecule has 2 atom stereocenters. The Labute approximate surface area is 166 Å². The van der Waals surface area contributed by atoms with Crippen molar-refractivity contribution < 1.29 is 36.5 Å². The molecule has 12 heteroatoms. The summed E-state index contributed by atoms with van der Waals surface area (Å²) in [7, 11) is -5.93. The average Bonchev–Trinajstić information content (AvgIpc) is 2.68. The van der Waals surface area contributed by atoms with E-state index in [4.69, 9.17) is 9.47 Å². The van der Waals surface area contributed by atoms with E-state index in [2.05, 4.69) is 9.44 Å². The molecule has 0 aliphatic heterocycles. The van der Waals surface area contributed by atoms with E-state index in [9.17, 15) is 27.0 Å². The summed E-state index contributed by atoms with van der Waals surface area (Å²) in [5.41, 5.74) is 0. The Morgan fingerprint density at radius 2 is 1.18 bits per heavy atom. The molecular formula is C16H28N2O8S2. The van der Waals surface area contributed by atoms with E-state index in [1.54, 1.807) is 13.8 Å². The van der Waals surface area contributed by atoms with Gasteiger partial charge in [0.15, 0.2) is 0 Å². The molecule has 0 amide bonds. The van der Waals surface area contributed by atoms with E-state index < -0.39 is 55.1 Å². The van der Waals surface area contributed by atoms with Gasteiger partial charge in [0.1, 0.15) is 21.3 Å². The summed E-state index contributed by atoms with van der Waals surface area (Å²) in [4.78, 5) is -0.833. The fourth-order valence-corrected chi connectivity index (χ4v) is 5.38. The summed E-state index contributed by atoms with van der Waals surface area (Å²) in [6, 6.07) is 0.599. The van der Waals surface area contributed by atoms with Crippen LogP contribution in [-0.2, 0) is 20.0 Å². The molecule has 0 saturated carbocycles. The topological polar surface area (TPSA) is 151 Å². The van der Waals surface area contributed by atoms with Crippen molar-refractivity contribution >= 4 is 20.0 Å². The van der Waals surface area contributed by atoms with E-state index in [0.717, 1.165) is 12.1 Å². The van der Waals surface area contributed by atoms with Crippen molar-refractivity contribution in [2.75, 3.05) is 27.4 Å². The summed E-state index contributed by atoms with van der Waals surface area (Å²) in [5.74, 6) is -0.240. The second-order valence-electron chi connectivity index (χ2n) is 5.97. The zero-order chi connectivity index (χ0) is 21.5. The number of sulfonamides is 2. The molecule has 0 radical (unpaired) electrons. The Morgan fingerprint density at radius 3 is 1.43 bits per heavy atom. The molecule has 0 aliphatic carbocycles. The third kappa shape index (κ3) is 5.78. The van der Waals surface area contributed by atoms with Crippen molar-refractivity contribution in [3.63, 3.8) is 0 Å². The molecule has 1 aromatic rings. The van der Waals surface area contributed by atoms with Crippen molar-refractivity contribution in [2.45, 2.75) is 48.6 Å². The minimum absolute atomic E-state index is 0.120. The van der Waals surface area contributed by atoms with Gasteiger partial charge in [-0.15, -0.1) is 0 Å². The third-order valence-electron chi connectivity index (χ3n) is 4.10. The maximum Gasteiger partial charge on any atom is 0.244 e. The quantitative estimate of drug-likeness (QED) is 0.349. The predicted molar refractivity (Wildman–Crippen MR) is 103 cm³/mol. The molecular weight excluding hydrogens is 412 g/mol. The van der Waals surface area contributed by atoms with Crippen LogP contribution in [0.4, 0.5) is 0 Å². The second kappa shape index (κ2) is 10.4. The molecule has 4 N–H and O–H groups in total. The Hall–Kier alpha value is -1.44. The Balaban J connectivity index is 3.58. The number of rotatable bonds is 12. The van der Waals surface area contributed by atoms with Gasteiger partial charge < -0.3 is 19.7 Å². The summed E-state index contributed by atoms with van der Waals surface area (Å²) < 4.78 is 65.8. The van der Waals surface area contributed by atoms with E-state index in [1.807, 2.05) is 0 Å². The maximum absolute atomic E-state index is 12.8. The molecule has 0 saturated heterocycles. The van der Waals surface area contributed by atoms with Gasteiger partial charge in [-0.1, -0.05) is 13.8 Å². The van der Waals surface area contributed by atoms with Crippen LogP contribution in [0.15, 0.2) is 21.9 Å². The third-order valence-corrected chi connectivity index (χ3v) is 7.18. The normalized spacial score (nSPS) is 14.5. The SMILES string of the molecule is CCC(CO)NS(=O)(=O)c1cc(S(=O)(=O)NC(CC)CO)c(OC)cc1OC. The molecule has 10 nitrogen and oxygen atoms in total. The summed E-state index contributed by atoms with van der Waals surface area (Å²) in [6.45, 7) is 2.54. The molecule has 162 valence electrons. The Bertz CT molecular complexity index is 780. The molecule has 2 unspecified atom stereocenters. The van der Waals surface area contributed by atoms with Crippen LogP contribution in [0.3, 0.4) is 0 Å². The molecule has 0 spiro atoms. The van der Waals surface area contributed by atoms with Gasteiger partial charge in [0.05, 0.1) is 27.4 Å². The first-order valence-electron chi connectivity index (χ1n) is 8.62. The summed E-state index contributed by atoms with van der Waals surface area (Å²) >= 11 is 0. The lowest BCUT2D eigenvalue weighted by molar-refractivity contribution is 0.253. The second-order valence-corrected chi connectivity index (χ2v) is 9.34. The zero-order valence-corrected chi connectivity index (χ0v) is 17.9. The smallest absolute Gasteiger partial charge is 0.244 e. The minimum atomic E-state index is -4.21. The average molecular weight is 441 g/mol. The number of methoxy groups -OCH3 is 2. The van der Waals surface area contributed by atoms with Crippen LogP contribution in [-0.4, -0.2) is 66.6 Å². The lowest BCUT2D eigenvalue weighted by atomic mass is 10.3. The monoisotopic (exact) mass is 440 g/mol. The first-order chi connectivity index (χ1) is 13.1. The highest BCUT2D eigenvalue weighted by atomic mass is 32.2. The number of aliphatic hydroxyl groups excluding tert-OH is 2. The highest BCUT2D eigenvalue weighted by Crippen LogP contribution is 2.35. The summed E-state index contributed by atoms with van der Waals surface area (Å²) in [6.07, 6.45) is 0.658. The summed E-state index contributed by atoms with van der Waals surface area (Å²) in [5, 5.41) is 18.5. The van der Waals surface area contributed by atoms with Gasteiger partial charge in [0.2, 0.25) is 20.0 Å². The molecule has 1 rings (SSSR count). The van der Waals surface area contributed by atoms with E-state index in [-0.39, 0.29) is 11.5 Å². The molecule has 1 aromatic carbocycles. The minimum Gasteiger partial charge on any atom is -0.495 e. The van der Waals surface area contributed by atoms with E-state index in [1.165, 1.54) is 14.2 Å². The highest BCUT2D eigenvalue weighted by Gasteiger charge is 2.30. The number of hydrogen-bond acceptors (Lipinski definition) is 8. The van der Waals surface area contributed by atoms with Crippen LogP contribution in [0.25, 0.3) is 0 Å². The molecule has 0 fully saturated rings. The van der Waals surface area contributed by atoms with Gasteiger partial charge in [-0.25, -0.2) is 26.3 Å². The van der Waals surface area contributed by atoms with Crippen LogP contribution < -0.4 is 18.9 Å². The van der Waals surface area contributed by atoms with Gasteiger partial charge >= 0.3 is 0 Å². The molecule has 28 heavy (non-hydrogen) atoms. The number of aliphatic hydroxyl groups is 2. The molecule has 0 bridgehead atoms. The van der Waals surface area contributed by atoms with Crippen LogP contribution >= 0.6 is 0 Å². The van der Waals surface area contributed by atoms with Gasteiger partial charge in [-0.05, 0) is 18.9 Å². The van der Waals surface area contributed by atoms with Crippen molar-refractivity contribution in [1.82, 2.24) is 9.44 Å². The van der Waals surface area contributed by atoms with Crippen LogP contribution in [0.5, 0.6) is 11.5 Å². The largest absolute Gasteiger partial charge is 0.495 e. The first kappa shape index (κ1) is 24.6. The maximum atomic E-state index is 12.8. The predicted octanol–water partition coefficient (Wildman–Crippen LogP) is -0.198. The van der Waals surface area contributed by atoms with E-state index in [0.29, 0.717) is 12.8 Å². The van der Waals surface area contributed by atoms with Crippen LogP contribution in [0.1, 0.15) is 26.7 Å². The van der Waals surface area contributed by atoms with Gasteiger partial charge in [-0.2, -0.15) is 0 Å². The zero-order valence-electron chi connectivity index (χ0n) is 16.3. The van der Waals surface area contributed by atoms with Gasteiger partial charge in [0.25, 0.3) is 0 Å². The van der Waals surface area contributed by atoms with Crippen molar-refractivity contribution in [2.24, 2.45) is 0 Å². The highest BCUT2D eigenvalue weighted by molar-refractivity contribution is 7.90. The van der Waals surface area contributed by atoms with E-state index >= 15 is 0 Å². The fraction of sp³-hybridized carbons (Fsp3) is 0.625. The number of ether oxygens (including phenoxy) is 2. The number of nitrogens with one attached hydrogen (secondary N) is 2. The van der Waals surface area contributed by atoms with Gasteiger partial charge in [0, 0.05) is 18.2 Å². The van der Waals surface area contributed by atoms with Crippen molar-refractivity contribution in [1.29, 1.82) is 0 Å². The fourth-order valence-electron chi connectivity index (χ4n) is 2.33. The van der Waals surface area contributed by atoms with Crippen LogP contribution in [0, 0.1) is 0 Å². The Morgan fingerprint density at radius 1 is 0.821 bits per heavy atom. The standard InChI is InChI=1S/C16H28N2O8S2/c1-5-11(9-19)17-27(21,22)15-8-16(14(26-4)7-13(15)25-3)28(23,24)18-12(6-2)10-20/h7-8,11-12,17-20H,5-6,9-10H2,1-4H3. The van der Waals surface area contributed by atoms with Crippen molar-refractivity contribution in [3.8, 4) is 11.5 Å². The lowest BCUT2D eigenvalue weighted by Crippen LogP contribution is -2.38. The number of benzene rings is 1. The molecule has 0 aromatic heterocycles. The van der Waals surface area contributed by atoms with Crippen LogP contribution in [0.2, 0.25) is 0 Å². The Kier molecular flexibility index (Phi) is 9.11. The van der Waals surface area contributed by atoms with Gasteiger partial charge in [-0.3, -0.25) is 0 Å². The lowest BCUT2D eigenvalue weighted by Gasteiger charge is -2.20. The number of hydrogen-bond donors (Lipinski definition) is 4. The molecule has 0 heterocycles. The first-order valence-corrected chi connectivity index (χ1v) is 11.6. The molecule has 0 aliphatic rings. The van der Waals surface area contributed by atoms with Crippen molar-refractivity contribution in [3.05, 3.63) is 12.1 Å².